The van der Waals surface area contributed by atoms with E-state index in [4.69, 9.17) is 10.5 Å². The van der Waals surface area contributed by atoms with Crippen LogP contribution < -0.4 is 5.73 Å². The molecule has 0 aliphatic carbocycles. The normalized spacial score (nSPS) is 22.5. The van der Waals surface area contributed by atoms with Gasteiger partial charge in [-0.15, -0.1) is 0 Å². The highest BCUT2D eigenvalue weighted by atomic mass is 79.9. The number of benzene rings is 1. The fraction of sp³-hybridized carbons (Fsp3) is 0.571. The monoisotopic (exact) mass is 297 g/mol. The van der Waals surface area contributed by atoms with Gasteiger partial charge in [0.15, 0.2) is 0 Å². The van der Waals surface area contributed by atoms with E-state index in [9.17, 15) is 0 Å². The van der Waals surface area contributed by atoms with Crippen LogP contribution in [0.25, 0.3) is 0 Å². The average molecular weight is 298 g/mol. The van der Waals surface area contributed by atoms with Gasteiger partial charge in [0.05, 0.1) is 6.61 Å². The number of ether oxygens (including phenoxy) is 1. The molecule has 1 aliphatic rings. The quantitative estimate of drug-likeness (QED) is 0.907. The second-order valence-electron chi connectivity index (χ2n) is 4.97. The van der Waals surface area contributed by atoms with Gasteiger partial charge in [0.1, 0.15) is 0 Å². The Balaban J connectivity index is 2.21. The molecule has 1 heterocycles. The Morgan fingerprint density at radius 1 is 1.35 bits per heavy atom. The molecule has 2 unspecified atom stereocenters. The zero-order valence-electron chi connectivity index (χ0n) is 10.5. The molecule has 0 radical (unpaired) electrons. The first kappa shape index (κ1) is 13.1. The maximum atomic E-state index is 6.36. The van der Waals surface area contributed by atoms with Crippen molar-refractivity contribution in [2.24, 2.45) is 11.7 Å². The molecule has 2 atom stereocenters. The highest BCUT2D eigenvalue weighted by Crippen LogP contribution is 2.30. The molecule has 2 N–H and O–H groups in total. The summed E-state index contributed by atoms with van der Waals surface area (Å²) in [6.07, 6.45) is 2.31. The molecular weight excluding hydrogens is 278 g/mol. The number of nitrogens with two attached hydrogens (primary N) is 1. The van der Waals surface area contributed by atoms with Gasteiger partial charge in [-0.1, -0.05) is 28.1 Å². The third kappa shape index (κ3) is 2.90. The second kappa shape index (κ2) is 5.51. The van der Waals surface area contributed by atoms with Gasteiger partial charge in [0.2, 0.25) is 0 Å². The summed E-state index contributed by atoms with van der Waals surface area (Å²) in [6.45, 7) is 5.92. The third-order valence-corrected chi connectivity index (χ3v) is 4.80. The summed E-state index contributed by atoms with van der Waals surface area (Å²) in [5.74, 6) is 0.462. The lowest BCUT2D eigenvalue weighted by molar-refractivity contribution is 0.0447. The standard InChI is InChI=1S/C14H20BrNO/c1-9-6-12(7-10(2)13(9)15)14(16)11-4-3-5-17-8-11/h6-7,11,14H,3-5,8,16H2,1-2H3. The Kier molecular flexibility index (Phi) is 4.23. The molecular formula is C14H20BrNO. The van der Waals surface area contributed by atoms with Gasteiger partial charge in [0, 0.05) is 23.0 Å². The topological polar surface area (TPSA) is 35.2 Å². The van der Waals surface area contributed by atoms with E-state index in [2.05, 4.69) is 41.9 Å². The molecule has 0 amide bonds. The summed E-state index contributed by atoms with van der Waals surface area (Å²) in [6, 6.07) is 4.48. The van der Waals surface area contributed by atoms with Crippen molar-refractivity contribution in [1.82, 2.24) is 0 Å². The van der Waals surface area contributed by atoms with Crippen LogP contribution in [0.3, 0.4) is 0 Å². The van der Waals surface area contributed by atoms with Crippen molar-refractivity contribution in [3.05, 3.63) is 33.3 Å². The molecule has 1 fully saturated rings. The summed E-state index contributed by atoms with van der Waals surface area (Å²) in [5, 5.41) is 0. The van der Waals surface area contributed by atoms with Crippen molar-refractivity contribution in [2.75, 3.05) is 13.2 Å². The molecule has 1 aromatic rings. The van der Waals surface area contributed by atoms with E-state index in [0.717, 1.165) is 19.6 Å². The van der Waals surface area contributed by atoms with Gasteiger partial charge < -0.3 is 10.5 Å². The van der Waals surface area contributed by atoms with Crippen molar-refractivity contribution in [3.63, 3.8) is 0 Å². The largest absolute Gasteiger partial charge is 0.381 e. The molecule has 1 aromatic carbocycles. The minimum atomic E-state index is 0.0980. The Hall–Kier alpha value is -0.380. The minimum Gasteiger partial charge on any atom is -0.381 e. The number of hydrogen-bond donors (Lipinski definition) is 1. The second-order valence-corrected chi connectivity index (χ2v) is 5.76. The van der Waals surface area contributed by atoms with Crippen LogP contribution in [0, 0.1) is 19.8 Å². The predicted octanol–water partition coefficient (Wildman–Crippen LogP) is 3.49. The maximum Gasteiger partial charge on any atom is 0.0512 e. The highest BCUT2D eigenvalue weighted by molar-refractivity contribution is 9.10. The van der Waals surface area contributed by atoms with E-state index >= 15 is 0 Å². The Morgan fingerprint density at radius 3 is 2.53 bits per heavy atom. The molecule has 0 saturated carbocycles. The van der Waals surface area contributed by atoms with Crippen molar-refractivity contribution < 1.29 is 4.74 Å². The molecule has 2 rings (SSSR count). The minimum absolute atomic E-state index is 0.0980. The molecule has 1 saturated heterocycles. The van der Waals surface area contributed by atoms with Gasteiger partial charge >= 0.3 is 0 Å². The first-order chi connectivity index (χ1) is 8.09. The molecule has 0 bridgehead atoms. The average Bonchev–Trinajstić information content (AvgIpc) is 2.35. The lowest BCUT2D eigenvalue weighted by Crippen LogP contribution is -2.29. The Labute approximate surface area is 112 Å². The van der Waals surface area contributed by atoms with E-state index in [0.29, 0.717) is 5.92 Å². The lowest BCUT2D eigenvalue weighted by atomic mass is 9.88. The number of aryl methyl sites for hydroxylation is 2. The van der Waals surface area contributed by atoms with Crippen LogP contribution in [0.4, 0.5) is 0 Å². The zero-order valence-corrected chi connectivity index (χ0v) is 12.1. The predicted molar refractivity (Wildman–Crippen MR) is 74.1 cm³/mol. The summed E-state index contributed by atoms with van der Waals surface area (Å²) < 4.78 is 6.71. The molecule has 3 heteroatoms. The first-order valence-electron chi connectivity index (χ1n) is 6.19. The van der Waals surface area contributed by atoms with E-state index in [1.807, 2.05) is 0 Å². The van der Waals surface area contributed by atoms with Crippen molar-refractivity contribution >= 4 is 15.9 Å². The van der Waals surface area contributed by atoms with Crippen LogP contribution in [0.1, 0.15) is 35.6 Å². The van der Waals surface area contributed by atoms with Crippen LogP contribution in [-0.2, 0) is 4.74 Å². The first-order valence-corrected chi connectivity index (χ1v) is 6.99. The van der Waals surface area contributed by atoms with Crippen LogP contribution in [0.2, 0.25) is 0 Å². The van der Waals surface area contributed by atoms with E-state index in [1.165, 1.54) is 27.6 Å². The van der Waals surface area contributed by atoms with Crippen LogP contribution >= 0.6 is 15.9 Å². The fourth-order valence-corrected chi connectivity index (χ4v) is 2.72. The van der Waals surface area contributed by atoms with Gasteiger partial charge in [-0.2, -0.15) is 0 Å². The van der Waals surface area contributed by atoms with E-state index in [1.54, 1.807) is 0 Å². The summed E-state index contributed by atoms with van der Waals surface area (Å²) in [4.78, 5) is 0. The van der Waals surface area contributed by atoms with Gasteiger partial charge in [-0.05, 0) is 43.4 Å². The molecule has 0 aromatic heterocycles. The van der Waals surface area contributed by atoms with Gasteiger partial charge in [-0.25, -0.2) is 0 Å². The Bertz CT molecular complexity index is 376. The highest BCUT2D eigenvalue weighted by Gasteiger charge is 2.23. The van der Waals surface area contributed by atoms with Gasteiger partial charge in [0.25, 0.3) is 0 Å². The lowest BCUT2D eigenvalue weighted by Gasteiger charge is -2.28. The number of halogens is 1. The molecule has 94 valence electrons. The summed E-state index contributed by atoms with van der Waals surface area (Å²) >= 11 is 3.59. The summed E-state index contributed by atoms with van der Waals surface area (Å²) in [7, 11) is 0. The SMILES string of the molecule is Cc1cc(C(N)C2CCCOC2)cc(C)c1Br. The molecule has 17 heavy (non-hydrogen) atoms. The zero-order chi connectivity index (χ0) is 12.4. The van der Waals surface area contributed by atoms with E-state index in [-0.39, 0.29) is 6.04 Å². The smallest absolute Gasteiger partial charge is 0.0512 e. The van der Waals surface area contributed by atoms with Gasteiger partial charge in [-0.3, -0.25) is 0 Å². The van der Waals surface area contributed by atoms with Crippen LogP contribution in [0.5, 0.6) is 0 Å². The molecule has 1 aliphatic heterocycles. The third-order valence-electron chi connectivity index (χ3n) is 3.55. The van der Waals surface area contributed by atoms with Crippen LogP contribution in [-0.4, -0.2) is 13.2 Å². The summed E-state index contributed by atoms with van der Waals surface area (Å²) in [5.41, 5.74) is 10.1. The Morgan fingerprint density at radius 2 is 2.00 bits per heavy atom. The van der Waals surface area contributed by atoms with Crippen LogP contribution in [0.15, 0.2) is 16.6 Å². The number of hydrogen-bond acceptors (Lipinski definition) is 2. The fourth-order valence-electron chi connectivity index (χ4n) is 2.49. The van der Waals surface area contributed by atoms with E-state index < -0.39 is 0 Å². The molecule has 2 nitrogen and oxygen atoms in total. The number of rotatable bonds is 2. The van der Waals surface area contributed by atoms with Crippen molar-refractivity contribution in [2.45, 2.75) is 32.7 Å². The molecule has 0 spiro atoms. The maximum absolute atomic E-state index is 6.36. The van der Waals surface area contributed by atoms with Crippen molar-refractivity contribution in [1.29, 1.82) is 0 Å². The van der Waals surface area contributed by atoms with Crippen molar-refractivity contribution in [3.8, 4) is 0 Å².